The first-order chi connectivity index (χ1) is 8.30. The van der Waals surface area contributed by atoms with Crippen molar-refractivity contribution >= 4 is 21.6 Å². The summed E-state index contributed by atoms with van der Waals surface area (Å²) in [6.07, 6.45) is 0. The zero-order valence-electron chi connectivity index (χ0n) is 10.5. The van der Waals surface area contributed by atoms with Gasteiger partial charge in [0.25, 0.3) is 0 Å². The topological polar surface area (TPSA) is 49.4 Å². The van der Waals surface area contributed by atoms with Crippen molar-refractivity contribution in [3.05, 3.63) is 28.5 Å². The molecule has 0 aliphatic rings. The summed E-state index contributed by atoms with van der Waals surface area (Å²) >= 11 is 5.83. The first-order valence-electron chi connectivity index (χ1n) is 5.41. The first kappa shape index (κ1) is 15.4. The standard InChI is InChI=1S/C11H16ClFN2O2S/c1-4-14-7-8-5-9(12)6-10(11(8)13)18(16,17)15(2)3/h5-6,14H,4,7H2,1-3H3. The molecule has 18 heavy (non-hydrogen) atoms. The molecule has 0 atom stereocenters. The van der Waals surface area contributed by atoms with Gasteiger partial charge < -0.3 is 5.32 Å². The lowest BCUT2D eigenvalue weighted by Crippen LogP contribution is -2.24. The summed E-state index contributed by atoms with van der Waals surface area (Å²) in [7, 11) is -1.14. The highest BCUT2D eigenvalue weighted by atomic mass is 35.5. The van der Waals surface area contributed by atoms with Gasteiger partial charge >= 0.3 is 0 Å². The molecule has 0 fully saturated rings. The van der Waals surface area contributed by atoms with Gasteiger partial charge in [-0.1, -0.05) is 18.5 Å². The molecule has 0 unspecified atom stereocenters. The first-order valence-corrected chi connectivity index (χ1v) is 7.23. The van der Waals surface area contributed by atoms with E-state index in [1.54, 1.807) is 0 Å². The van der Waals surface area contributed by atoms with Crippen molar-refractivity contribution in [1.29, 1.82) is 0 Å². The quantitative estimate of drug-likeness (QED) is 0.901. The molecule has 0 saturated carbocycles. The Hall–Kier alpha value is -0.690. The van der Waals surface area contributed by atoms with Gasteiger partial charge in [0.05, 0.1) is 0 Å². The van der Waals surface area contributed by atoms with E-state index in [0.29, 0.717) is 6.54 Å². The van der Waals surface area contributed by atoms with Gasteiger partial charge in [-0.3, -0.25) is 0 Å². The molecule has 1 N–H and O–H groups in total. The number of hydrogen-bond acceptors (Lipinski definition) is 3. The van der Waals surface area contributed by atoms with Crippen LogP contribution in [-0.2, 0) is 16.6 Å². The predicted molar refractivity (Wildman–Crippen MR) is 69.7 cm³/mol. The fraction of sp³-hybridized carbons (Fsp3) is 0.455. The van der Waals surface area contributed by atoms with E-state index in [4.69, 9.17) is 11.6 Å². The molecule has 0 spiro atoms. The van der Waals surface area contributed by atoms with Gasteiger partial charge in [-0.2, -0.15) is 0 Å². The molecule has 0 radical (unpaired) electrons. The van der Waals surface area contributed by atoms with Crippen molar-refractivity contribution < 1.29 is 12.8 Å². The molecule has 0 aliphatic carbocycles. The van der Waals surface area contributed by atoms with Crippen molar-refractivity contribution in [1.82, 2.24) is 9.62 Å². The highest BCUT2D eigenvalue weighted by Gasteiger charge is 2.24. The molecule has 0 amide bonds. The van der Waals surface area contributed by atoms with E-state index in [9.17, 15) is 12.8 Å². The summed E-state index contributed by atoms with van der Waals surface area (Å²) in [6, 6.07) is 2.55. The third kappa shape index (κ3) is 3.20. The van der Waals surface area contributed by atoms with Gasteiger partial charge in [-0.05, 0) is 18.7 Å². The Morgan fingerprint density at radius 3 is 2.50 bits per heavy atom. The van der Waals surface area contributed by atoms with Crippen molar-refractivity contribution in [2.24, 2.45) is 0 Å². The Bertz CT molecular complexity index is 532. The second-order valence-electron chi connectivity index (χ2n) is 3.94. The average molecular weight is 295 g/mol. The van der Waals surface area contributed by atoms with Gasteiger partial charge in [0.15, 0.2) is 0 Å². The number of halogens is 2. The summed E-state index contributed by atoms with van der Waals surface area (Å²) in [5, 5.41) is 3.13. The van der Waals surface area contributed by atoms with Crippen LogP contribution in [0.2, 0.25) is 5.02 Å². The van der Waals surface area contributed by atoms with E-state index in [-0.39, 0.29) is 17.1 Å². The smallest absolute Gasteiger partial charge is 0.245 e. The van der Waals surface area contributed by atoms with E-state index in [0.717, 1.165) is 10.4 Å². The molecule has 0 bridgehead atoms. The van der Waals surface area contributed by atoms with Crippen LogP contribution in [0.4, 0.5) is 4.39 Å². The molecule has 0 saturated heterocycles. The molecular formula is C11H16ClFN2O2S. The summed E-state index contributed by atoms with van der Waals surface area (Å²) in [5.74, 6) is -0.756. The van der Waals surface area contributed by atoms with Crippen LogP contribution in [0.3, 0.4) is 0 Å². The number of nitrogens with one attached hydrogen (secondary N) is 1. The number of nitrogens with zero attached hydrogens (tertiary/aromatic N) is 1. The molecule has 1 aromatic rings. The van der Waals surface area contributed by atoms with Crippen LogP contribution in [-0.4, -0.2) is 33.4 Å². The minimum Gasteiger partial charge on any atom is -0.313 e. The third-order valence-corrected chi connectivity index (χ3v) is 4.44. The van der Waals surface area contributed by atoms with E-state index in [2.05, 4.69) is 5.32 Å². The maximum absolute atomic E-state index is 14.1. The third-order valence-electron chi connectivity index (χ3n) is 2.40. The molecule has 0 heterocycles. The highest BCUT2D eigenvalue weighted by Crippen LogP contribution is 2.25. The summed E-state index contributed by atoms with van der Waals surface area (Å²) < 4.78 is 39.0. The Morgan fingerprint density at radius 2 is 2.00 bits per heavy atom. The van der Waals surface area contributed by atoms with E-state index < -0.39 is 20.7 Å². The molecule has 4 nitrogen and oxygen atoms in total. The lowest BCUT2D eigenvalue weighted by atomic mass is 10.2. The molecule has 7 heteroatoms. The maximum Gasteiger partial charge on any atom is 0.245 e. The van der Waals surface area contributed by atoms with Gasteiger partial charge in [0.1, 0.15) is 10.7 Å². The van der Waals surface area contributed by atoms with E-state index in [1.807, 2.05) is 6.92 Å². The van der Waals surface area contributed by atoms with Crippen molar-refractivity contribution in [2.45, 2.75) is 18.4 Å². The SMILES string of the molecule is CCNCc1cc(Cl)cc(S(=O)(=O)N(C)C)c1F. The van der Waals surface area contributed by atoms with Crippen LogP contribution in [0.5, 0.6) is 0 Å². The summed E-state index contributed by atoms with van der Waals surface area (Å²) in [4.78, 5) is -0.395. The number of sulfonamides is 1. The number of benzene rings is 1. The average Bonchev–Trinajstić information content (AvgIpc) is 2.29. The fourth-order valence-corrected chi connectivity index (χ4v) is 2.72. The zero-order valence-corrected chi connectivity index (χ0v) is 12.1. The Labute approximate surface area is 112 Å². The normalized spacial score (nSPS) is 12.1. The van der Waals surface area contributed by atoms with Gasteiger partial charge in [0, 0.05) is 31.2 Å². The zero-order chi connectivity index (χ0) is 13.9. The van der Waals surface area contributed by atoms with Crippen molar-refractivity contribution in [3.63, 3.8) is 0 Å². The van der Waals surface area contributed by atoms with Crippen LogP contribution < -0.4 is 5.32 Å². The Morgan fingerprint density at radius 1 is 1.39 bits per heavy atom. The predicted octanol–water partition coefficient (Wildman–Crippen LogP) is 1.84. The van der Waals surface area contributed by atoms with E-state index in [1.165, 1.54) is 20.2 Å². The second kappa shape index (κ2) is 5.97. The lowest BCUT2D eigenvalue weighted by Gasteiger charge is -2.14. The minimum atomic E-state index is -3.83. The highest BCUT2D eigenvalue weighted by molar-refractivity contribution is 7.89. The molecular weight excluding hydrogens is 279 g/mol. The van der Waals surface area contributed by atoms with Gasteiger partial charge in [-0.25, -0.2) is 17.1 Å². The number of hydrogen-bond donors (Lipinski definition) is 1. The fourth-order valence-electron chi connectivity index (χ4n) is 1.39. The molecule has 0 aromatic heterocycles. The maximum atomic E-state index is 14.1. The number of rotatable bonds is 5. The van der Waals surface area contributed by atoms with E-state index >= 15 is 0 Å². The van der Waals surface area contributed by atoms with Gasteiger partial charge in [0.2, 0.25) is 10.0 Å². The van der Waals surface area contributed by atoms with Crippen LogP contribution >= 0.6 is 11.6 Å². The largest absolute Gasteiger partial charge is 0.313 e. The second-order valence-corrected chi connectivity index (χ2v) is 6.50. The Balaban J connectivity index is 3.34. The van der Waals surface area contributed by atoms with Gasteiger partial charge in [-0.15, -0.1) is 0 Å². The van der Waals surface area contributed by atoms with Crippen LogP contribution in [0, 0.1) is 5.82 Å². The lowest BCUT2D eigenvalue weighted by molar-refractivity contribution is 0.503. The molecule has 1 rings (SSSR count). The van der Waals surface area contributed by atoms with Crippen LogP contribution in [0.25, 0.3) is 0 Å². The van der Waals surface area contributed by atoms with Crippen molar-refractivity contribution in [3.8, 4) is 0 Å². The van der Waals surface area contributed by atoms with Crippen LogP contribution in [0.1, 0.15) is 12.5 Å². The van der Waals surface area contributed by atoms with Crippen LogP contribution in [0.15, 0.2) is 17.0 Å². The molecule has 1 aromatic carbocycles. The molecule has 102 valence electrons. The minimum absolute atomic E-state index is 0.199. The summed E-state index contributed by atoms with van der Waals surface area (Å²) in [6.45, 7) is 2.76. The molecule has 0 aliphatic heterocycles. The monoisotopic (exact) mass is 294 g/mol. The Kier molecular flexibility index (Phi) is 5.10. The van der Waals surface area contributed by atoms with Crippen molar-refractivity contribution in [2.75, 3.05) is 20.6 Å². The summed E-state index contributed by atoms with van der Waals surface area (Å²) in [5.41, 5.74) is 0.241.